The standard InChI is InChI=1S/C31H38BrN3O5S/c1-22-12-14-25(15-13-22)35(41(38,39)26-16-17-28(40-6)27(32)20-26)21-29(36)34(19-18-24-10-8-7-9-11-24)23(2)30(37)33-31(3,4)5/h7-17,20,23H,18-19,21H2,1-6H3,(H,33,37)/t23-/m0/s1. The Hall–Kier alpha value is -3.37. The van der Waals surface area contributed by atoms with E-state index in [4.69, 9.17) is 4.74 Å². The molecule has 2 amide bonds. The second kappa shape index (κ2) is 13.5. The normalized spacial score (nSPS) is 12.4. The SMILES string of the molecule is COc1ccc(S(=O)(=O)N(CC(=O)N(CCc2ccccc2)[C@@H](C)C(=O)NC(C)(C)C)c2ccc(C)cc2)cc1Br. The Morgan fingerprint density at radius 1 is 1.00 bits per heavy atom. The first-order valence-electron chi connectivity index (χ1n) is 13.3. The Morgan fingerprint density at radius 3 is 2.20 bits per heavy atom. The Balaban J connectivity index is 2.01. The van der Waals surface area contributed by atoms with Gasteiger partial charge in [0.15, 0.2) is 0 Å². The molecule has 0 bridgehead atoms. The molecule has 0 heterocycles. The monoisotopic (exact) mass is 643 g/mol. The number of carbonyl (C=O) groups excluding carboxylic acids is 2. The number of anilines is 1. The number of hydrogen-bond acceptors (Lipinski definition) is 5. The average Bonchev–Trinajstić information content (AvgIpc) is 2.91. The van der Waals surface area contributed by atoms with Crippen LogP contribution >= 0.6 is 15.9 Å². The number of methoxy groups -OCH3 is 1. The van der Waals surface area contributed by atoms with Crippen LogP contribution < -0.4 is 14.4 Å². The molecule has 0 spiro atoms. The highest BCUT2D eigenvalue weighted by molar-refractivity contribution is 9.10. The van der Waals surface area contributed by atoms with Gasteiger partial charge in [-0.15, -0.1) is 0 Å². The summed E-state index contributed by atoms with van der Waals surface area (Å²) in [6, 6.07) is 20.2. The van der Waals surface area contributed by atoms with Gasteiger partial charge in [0, 0.05) is 12.1 Å². The second-order valence-electron chi connectivity index (χ2n) is 10.9. The van der Waals surface area contributed by atoms with E-state index in [1.165, 1.54) is 24.1 Å². The lowest BCUT2D eigenvalue weighted by atomic mass is 10.1. The summed E-state index contributed by atoms with van der Waals surface area (Å²) in [5, 5.41) is 2.94. The predicted molar refractivity (Wildman–Crippen MR) is 166 cm³/mol. The topological polar surface area (TPSA) is 96.0 Å². The molecular weight excluding hydrogens is 606 g/mol. The Bertz CT molecular complexity index is 1460. The van der Waals surface area contributed by atoms with Crippen LogP contribution in [0.15, 0.2) is 82.2 Å². The minimum atomic E-state index is -4.19. The van der Waals surface area contributed by atoms with Crippen molar-refractivity contribution in [1.82, 2.24) is 10.2 Å². The molecule has 3 rings (SSSR count). The van der Waals surface area contributed by atoms with Crippen LogP contribution in [0, 0.1) is 6.92 Å². The molecule has 1 atom stereocenters. The van der Waals surface area contributed by atoms with Crippen molar-refractivity contribution < 1.29 is 22.7 Å². The number of amides is 2. The molecule has 0 aliphatic heterocycles. The lowest BCUT2D eigenvalue weighted by Gasteiger charge is -2.33. The zero-order chi connectivity index (χ0) is 30.4. The van der Waals surface area contributed by atoms with E-state index in [0.29, 0.717) is 22.3 Å². The number of ether oxygens (including phenoxy) is 1. The van der Waals surface area contributed by atoms with Crippen LogP contribution in [0.5, 0.6) is 5.75 Å². The van der Waals surface area contributed by atoms with E-state index in [1.54, 1.807) is 37.3 Å². The van der Waals surface area contributed by atoms with Crippen molar-refractivity contribution in [2.75, 3.05) is 24.5 Å². The van der Waals surface area contributed by atoms with E-state index in [1.807, 2.05) is 58.0 Å². The molecule has 8 nitrogen and oxygen atoms in total. The summed E-state index contributed by atoms with van der Waals surface area (Å²) in [6.45, 7) is 8.91. The van der Waals surface area contributed by atoms with Gasteiger partial charge in [0.1, 0.15) is 18.3 Å². The second-order valence-corrected chi connectivity index (χ2v) is 13.6. The fourth-order valence-electron chi connectivity index (χ4n) is 4.22. The maximum Gasteiger partial charge on any atom is 0.264 e. The fraction of sp³-hybridized carbons (Fsp3) is 0.355. The van der Waals surface area contributed by atoms with Crippen molar-refractivity contribution in [1.29, 1.82) is 0 Å². The van der Waals surface area contributed by atoms with Gasteiger partial charge in [0.25, 0.3) is 10.0 Å². The summed E-state index contributed by atoms with van der Waals surface area (Å²) in [5.74, 6) is -0.329. The fourth-order valence-corrected chi connectivity index (χ4v) is 6.35. The number of aryl methyl sites for hydroxylation is 1. The number of nitrogens with zero attached hydrogens (tertiary/aromatic N) is 2. The minimum Gasteiger partial charge on any atom is -0.496 e. The summed E-state index contributed by atoms with van der Waals surface area (Å²) < 4.78 is 34.8. The zero-order valence-corrected chi connectivity index (χ0v) is 26.8. The van der Waals surface area contributed by atoms with E-state index in [9.17, 15) is 18.0 Å². The largest absolute Gasteiger partial charge is 0.496 e. The van der Waals surface area contributed by atoms with Crippen LogP contribution in [0.1, 0.15) is 38.8 Å². The summed E-state index contributed by atoms with van der Waals surface area (Å²) in [6.07, 6.45) is 0.502. The summed E-state index contributed by atoms with van der Waals surface area (Å²) in [4.78, 5) is 28.6. The number of rotatable bonds is 11. The molecule has 0 aliphatic carbocycles. The highest BCUT2D eigenvalue weighted by atomic mass is 79.9. The van der Waals surface area contributed by atoms with Crippen molar-refractivity contribution in [3.8, 4) is 5.75 Å². The first kappa shape index (κ1) is 32.1. The third-order valence-electron chi connectivity index (χ3n) is 6.46. The quantitative estimate of drug-likeness (QED) is 0.304. The highest BCUT2D eigenvalue weighted by Gasteiger charge is 2.33. The van der Waals surface area contributed by atoms with Gasteiger partial charge in [-0.1, -0.05) is 48.0 Å². The molecule has 0 radical (unpaired) electrons. The number of carbonyl (C=O) groups is 2. The van der Waals surface area contributed by atoms with Gasteiger partial charge >= 0.3 is 0 Å². The minimum absolute atomic E-state index is 0.00657. The zero-order valence-electron chi connectivity index (χ0n) is 24.3. The molecular formula is C31H38BrN3O5S. The maximum atomic E-state index is 14.0. The Morgan fingerprint density at radius 2 is 1.63 bits per heavy atom. The Kier molecular flexibility index (Phi) is 10.6. The maximum absolute atomic E-state index is 14.0. The Labute approximate surface area is 251 Å². The van der Waals surface area contributed by atoms with E-state index in [0.717, 1.165) is 15.4 Å². The molecule has 0 fully saturated rings. The molecule has 41 heavy (non-hydrogen) atoms. The van der Waals surface area contributed by atoms with Crippen LogP contribution in [0.3, 0.4) is 0 Å². The lowest BCUT2D eigenvalue weighted by Crippen LogP contribution is -2.55. The molecule has 3 aromatic carbocycles. The first-order valence-corrected chi connectivity index (χ1v) is 15.5. The van der Waals surface area contributed by atoms with Gasteiger partial charge in [-0.25, -0.2) is 8.42 Å². The molecule has 10 heteroatoms. The third kappa shape index (κ3) is 8.56. The molecule has 0 aliphatic rings. The van der Waals surface area contributed by atoms with Gasteiger partial charge < -0.3 is 15.0 Å². The predicted octanol–water partition coefficient (Wildman–Crippen LogP) is 5.34. The van der Waals surface area contributed by atoms with Crippen molar-refractivity contribution in [3.05, 3.63) is 88.4 Å². The van der Waals surface area contributed by atoms with Gasteiger partial charge in [-0.2, -0.15) is 0 Å². The van der Waals surface area contributed by atoms with Crippen LogP contribution in [0.4, 0.5) is 5.69 Å². The van der Waals surface area contributed by atoms with Crippen molar-refractivity contribution >= 4 is 43.5 Å². The van der Waals surface area contributed by atoms with Crippen molar-refractivity contribution in [3.63, 3.8) is 0 Å². The molecule has 220 valence electrons. The summed E-state index contributed by atoms with van der Waals surface area (Å²) >= 11 is 3.36. The molecule has 0 saturated carbocycles. The molecule has 0 saturated heterocycles. The van der Waals surface area contributed by atoms with Crippen LogP contribution in [0.25, 0.3) is 0 Å². The third-order valence-corrected chi connectivity index (χ3v) is 8.85. The number of halogens is 1. The molecule has 1 N–H and O–H groups in total. The molecule has 3 aromatic rings. The number of sulfonamides is 1. The van der Waals surface area contributed by atoms with Crippen LogP contribution in [0.2, 0.25) is 0 Å². The van der Waals surface area contributed by atoms with E-state index >= 15 is 0 Å². The van der Waals surface area contributed by atoms with Crippen molar-refractivity contribution in [2.24, 2.45) is 0 Å². The van der Waals surface area contributed by atoms with E-state index in [-0.39, 0.29) is 17.3 Å². The average molecular weight is 645 g/mol. The van der Waals surface area contributed by atoms with Gasteiger partial charge in [-0.05, 0) is 92.9 Å². The summed E-state index contributed by atoms with van der Waals surface area (Å²) in [7, 11) is -2.69. The highest BCUT2D eigenvalue weighted by Crippen LogP contribution is 2.31. The van der Waals surface area contributed by atoms with Crippen LogP contribution in [-0.2, 0) is 26.0 Å². The molecule has 0 aromatic heterocycles. The number of benzene rings is 3. The van der Waals surface area contributed by atoms with Gasteiger partial charge in [0.2, 0.25) is 11.8 Å². The van der Waals surface area contributed by atoms with Crippen molar-refractivity contribution in [2.45, 2.75) is 57.5 Å². The van der Waals surface area contributed by atoms with E-state index in [2.05, 4.69) is 21.2 Å². The lowest BCUT2D eigenvalue weighted by molar-refractivity contribution is -0.139. The van der Waals surface area contributed by atoms with Gasteiger partial charge in [0.05, 0.1) is 22.2 Å². The number of nitrogens with one attached hydrogen (secondary N) is 1. The summed E-state index contributed by atoms with van der Waals surface area (Å²) in [5.41, 5.74) is 1.78. The first-order chi connectivity index (χ1) is 19.2. The van der Waals surface area contributed by atoms with Gasteiger partial charge in [-0.3, -0.25) is 13.9 Å². The van der Waals surface area contributed by atoms with E-state index < -0.39 is 34.1 Å². The van der Waals surface area contributed by atoms with Crippen LogP contribution in [-0.4, -0.2) is 56.9 Å². The number of hydrogen-bond donors (Lipinski definition) is 1. The smallest absolute Gasteiger partial charge is 0.264 e. The molecule has 0 unspecified atom stereocenters.